The van der Waals surface area contributed by atoms with E-state index in [1.165, 1.54) is 0 Å². The molecule has 6 heteroatoms. The van der Waals surface area contributed by atoms with E-state index in [9.17, 15) is 10.1 Å². The fraction of sp³-hybridized carbons (Fsp3) is 0.600. The number of nitrogens with one attached hydrogen (secondary N) is 1. The summed E-state index contributed by atoms with van der Waals surface area (Å²) in [6.07, 6.45) is 1.09. The summed E-state index contributed by atoms with van der Waals surface area (Å²) < 4.78 is 0. The Morgan fingerprint density at radius 1 is 1.29 bits per heavy atom. The van der Waals surface area contributed by atoms with Crippen molar-refractivity contribution in [2.75, 3.05) is 44.2 Å². The Morgan fingerprint density at radius 2 is 2.05 bits per heavy atom. The molecule has 0 aliphatic carbocycles. The van der Waals surface area contributed by atoms with Crippen molar-refractivity contribution in [2.45, 2.75) is 19.4 Å². The molecular weight excluding hydrogens is 268 g/mol. The van der Waals surface area contributed by atoms with Crippen LogP contribution >= 0.6 is 0 Å². The van der Waals surface area contributed by atoms with Crippen LogP contribution in [0.3, 0.4) is 0 Å². The number of para-hydroxylation sites is 1. The van der Waals surface area contributed by atoms with E-state index in [0.717, 1.165) is 56.9 Å². The van der Waals surface area contributed by atoms with Gasteiger partial charge in [0.1, 0.15) is 5.69 Å². The number of nitro groups is 1. The average molecular weight is 290 g/mol. The first kappa shape index (κ1) is 14.3. The van der Waals surface area contributed by atoms with Crippen LogP contribution in [0.4, 0.5) is 11.4 Å². The van der Waals surface area contributed by atoms with Crippen molar-refractivity contribution >= 4 is 11.4 Å². The molecule has 2 saturated heterocycles. The van der Waals surface area contributed by atoms with Crippen molar-refractivity contribution in [2.24, 2.45) is 0 Å². The predicted octanol–water partition coefficient (Wildman–Crippen LogP) is 1.39. The first-order chi connectivity index (χ1) is 10.2. The van der Waals surface area contributed by atoms with E-state index >= 15 is 0 Å². The summed E-state index contributed by atoms with van der Waals surface area (Å²) in [4.78, 5) is 15.7. The number of hydrogen-bond donors (Lipinski definition) is 1. The highest BCUT2D eigenvalue weighted by molar-refractivity contribution is 5.68. The maximum Gasteiger partial charge on any atom is 0.292 e. The molecule has 2 heterocycles. The Morgan fingerprint density at radius 3 is 2.76 bits per heavy atom. The maximum absolute atomic E-state index is 11.3. The quantitative estimate of drug-likeness (QED) is 0.673. The van der Waals surface area contributed by atoms with Gasteiger partial charge in [0.25, 0.3) is 5.69 Å². The highest BCUT2D eigenvalue weighted by atomic mass is 16.6. The molecule has 2 aliphatic rings. The summed E-state index contributed by atoms with van der Waals surface area (Å²) in [5.41, 5.74) is 2.03. The third-order valence-electron chi connectivity index (χ3n) is 4.56. The summed E-state index contributed by atoms with van der Waals surface area (Å²) in [5, 5.41) is 14.6. The summed E-state index contributed by atoms with van der Waals surface area (Å²) in [5.74, 6) is 0. The number of piperazine rings is 1. The van der Waals surface area contributed by atoms with Crippen LogP contribution in [-0.4, -0.2) is 55.1 Å². The van der Waals surface area contributed by atoms with Gasteiger partial charge in [0.2, 0.25) is 0 Å². The molecule has 0 saturated carbocycles. The van der Waals surface area contributed by atoms with Gasteiger partial charge in [-0.1, -0.05) is 12.1 Å². The highest BCUT2D eigenvalue weighted by Gasteiger charge is 2.32. The molecule has 1 unspecified atom stereocenters. The lowest BCUT2D eigenvalue weighted by Gasteiger charge is -2.32. The molecule has 0 bridgehead atoms. The van der Waals surface area contributed by atoms with E-state index in [4.69, 9.17) is 0 Å². The first-order valence-electron chi connectivity index (χ1n) is 7.60. The van der Waals surface area contributed by atoms with Gasteiger partial charge in [0, 0.05) is 51.4 Å². The largest absolute Gasteiger partial charge is 0.364 e. The average Bonchev–Trinajstić information content (AvgIpc) is 2.97. The first-order valence-corrected chi connectivity index (χ1v) is 7.60. The lowest BCUT2D eigenvalue weighted by Crippen LogP contribution is -2.49. The third-order valence-corrected chi connectivity index (χ3v) is 4.56. The molecular formula is C15H22N4O2. The minimum Gasteiger partial charge on any atom is -0.364 e. The third kappa shape index (κ3) is 2.87. The summed E-state index contributed by atoms with van der Waals surface area (Å²) in [7, 11) is 0. The minimum atomic E-state index is -0.263. The van der Waals surface area contributed by atoms with Gasteiger partial charge >= 0.3 is 0 Å². The van der Waals surface area contributed by atoms with Gasteiger partial charge in [-0.3, -0.25) is 15.0 Å². The second kappa shape index (κ2) is 5.99. The summed E-state index contributed by atoms with van der Waals surface area (Å²) in [6.45, 7) is 8.00. The number of anilines is 1. The van der Waals surface area contributed by atoms with Crippen LogP contribution < -0.4 is 10.2 Å². The SMILES string of the molecule is Cc1cccc([N+](=O)[O-])c1N1CCC(N2CCNCC2)C1. The molecule has 6 nitrogen and oxygen atoms in total. The van der Waals surface area contributed by atoms with E-state index in [-0.39, 0.29) is 10.6 Å². The van der Waals surface area contributed by atoms with E-state index in [0.29, 0.717) is 6.04 Å². The van der Waals surface area contributed by atoms with Crippen molar-refractivity contribution in [3.8, 4) is 0 Å². The van der Waals surface area contributed by atoms with E-state index in [1.54, 1.807) is 12.1 Å². The monoisotopic (exact) mass is 290 g/mol. The molecule has 3 rings (SSSR count). The van der Waals surface area contributed by atoms with Gasteiger partial charge < -0.3 is 10.2 Å². The number of nitro benzene ring substituents is 1. The van der Waals surface area contributed by atoms with Crippen LogP contribution in [0.5, 0.6) is 0 Å². The van der Waals surface area contributed by atoms with Crippen molar-refractivity contribution in [1.29, 1.82) is 0 Å². The Bertz CT molecular complexity index is 528. The molecule has 0 radical (unpaired) electrons. The maximum atomic E-state index is 11.3. The summed E-state index contributed by atoms with van der Waals surface area (Å²) in [6, 6.07) is 5.85. The smallest absolute Gasteiger partial charge is 0.292 e. The van der Waals surface area contributed by atoms with Crippen LogP contribution in [0.15, 0.2) is 18.2 Å². The zero-order chi connectivity index (χ0) is 14.8. The van der Waals surface area contributed by atoms with Gasteiger partial charge in [-0.05, 0) is 18.9 Å². The Balaban J connectivity index is 1.78. The second-order valence-corrected chi connectivity index (χ2v) is 5.87. The molecule has 1 atom stereocenters. The number of benzene rings is 1. The predicted molar refractivity (Wildman–Crippen MR) is 82.9 cm³/mol. The Kier molecular flexibility index (Phi) is 4.07. The normalized spacial score (nSPS) is 23.5. The van der Waals surface area contributed by atoms with Crippen LogP contribution in [0.1, 0.15) is 12.0 Å². The number of hydrogen-bond acceptors (Lipinski definition) is 5. The van der Waals surface area contributed by atoms with Gasteiger partial charge in [-0.2, -0.15) is 0 Å². The number of aryl methyl sites for hydroxylation is 1. The molecule has 0 aromatic heterocycles. The van der Waals surface area contributed by atoms with Crippen molar-refractivity contribution in [3.05, 3.63) is 33.9 Å². The zero-order valence-electron chi connectivity index (χ0n) is 12.4. The van der Waals surface area contributed by atoms with E-state index in [2.05, 4.69) is 15.1 Å². The summed E-state index contributed by atoms with van der Waals surface area (Å²) >= 11 is 0. The molecule has 1 aromatic rings. The molecule has 2 fully saturated rings. The standard InChI is InChI=1S/C15H22N4O2/c1-12-3-2-4-14(19(20)21)15(12)18-8-5-13(11-18)17-9-6-16-7-10-17/h2-4,13,16H,5-11H2,1H3. The van der Waals surface area contributed by atoms with Crippen molar-refractivity contribution < 1.29 is 4.92 Å². The van der Waals surface area contributed by atoms with Gasteiger partial charge in [0.05, 0.1) is 4.92 Å². The molecule has 1 aromatic carbocycles. The Labute approximate surface area is 124 Å². The fourth-order valence-electron chi connectivity index (χ4n) is 3.49. The fourth-order valence-corrected chi connectivity index (χ4v) is 3.49. The lowest BCUT2D eigenvalue weighted by atomic mass is 10.1. The van der Waals surface area contributed by atoms with Crippen molar-refractivity contribution in [3.63, 3.8) is 0 Å². The molecule has 21 heavy (non-hydrogen) atoms. The van der Waals surface area contributed by atoms with Crippen LogP contribution in [-0.2, 0) is 0 Å². The van der Waals surface area contributed by atoms with Crippen LogP contribution in [0, 0.1) is 17.0 Å². The minimum absolute atomic E-state index is 0.232. The molecule has 1 N–H and O–H groups in total. The number of nitrogens with zero attached hydrogens (tertiary/aromatic N) is 3. The van der Waals surface area contributed by atoms with Crippen LogP contribution in [0.2, 0.25) is 0 Å². The van der Waals surface area contributed by atoms with Crippen molar-refractivity contribution in [1.82, 2.24) is 10.2 Å². The highest BCUT2D eigenvalue weighted by Crippen LogP contribution is 2.34. The topological polar surface area (TPSA) is 61.7 Å². The van der Waals surface area contributed by atoms with Gasteiger partial charge in [-0.15, -0.1) is 0 Å². The van der Waals surface area contributed by atoms with Gasteiger partial charge in [0.15, 0.2) is 0 Å². The number of rotatable bonds is 3. The molecule has 0 amide bonds. The lowest BCUT2D eigenvalue weighted by molar-refractivity contribution is -0.384. The van der Waals surface area contributed by atoms with E-state index < -0.39 is 0 Å². The Hall–Kier alpha value is -1.66. The second-order valence-electron chi connectivity index (χ2n) is 5.87. The van der Waals surface area contributed by atoms with E-state index in [1.807, 2.05) is 13.0 Å². The molecule has 0 spiro atoms. The van der Waals surface area contributed by atoms with Gasteiger partial charge in [-0.25, -0.2) is 0 Å². The zero-order valence-corrected chi connectivity index (χ0v) is 12.4. The molecule has 2 aliphatic heterocycles. The molecule has 114 valence electrons. The van der Waals surface area contributed by atoms with Crippen LogP contribution in [0.25, 0.3) is 0 Å².